The normalized spacial score (nSPS) is 17.2. The van der Waals surface area contributed by atoms with Gasteiger partial charge in [0.15, 0.2) is 0 Å². The van der Waals surface area contributed by atoms with Gasteiger partial charge in [0.05, 0.1) is 5.02 Å². The first-order chi connectivity index (χ1) is 14.8. The topological polar surface area (TPSA) is 78.1 Å². The van der Waals surface area contributed by atoms with Gasteiger partial charge in [-0.15, -0.1) is 0 Å². The molecule has 1 unspecified atom stereocenters. The van der Waals surface area contributed by atoms with E-state index in [0.717, 1.165) is 25.0 Å². The van der Waals surface area contributed by atoms with Crippen molar-refractivity contribution in [2.45, 2.75) is 38.3 Å². The molecule has 2 N–H and O–H groups in total. The Morgan fingerprint density at radius 2 is 2.13 bits per heavy atom. The van der Waals surface area contributed by atoms with Gasteiger partial charge in [-0.25, -0.2) is 13.8 Å². The Bertz CT molecular complexity index is 1150. The number of benzene rings is 1. The molecule has 3 heterocycles. The summed E-state index contributed by atoms with van der Waals surface area (Å²) in [5, 5.41) is 3.80. The molecule has 1 aromatic carbocycles. The molecule has 162 valence electrons. The van der Waals surface area contributed by atoms with Crippen LogP contribution in [-0.2, 0) is 11.2 Å². The maximum atomic E-state index is 14.3. The van der Waals surface area contributed by atoms with Gasteiger partial charge < -0.3 is 15.2 Å². The van der Waals surface area contributed by atoms with Crippen LogP contribution in [0.1, 0.15) is 35.8 Å². The molecular weight excluding hydrogens is 426 g/mol. The summed E-state index contributed by atoms with van der Waals surface area (Å²) < 4.78 is 27.6. The monoisotopic (exact) mass is 446 g/mol. The van der Waals surface area contributed by atoms with Crippen LogP contribution in [0.2, 0.25) is 5.02 Å². The summed E-state index contributed by atoms with van der Waals surface area (Å²) in [6, 6.07) is 5.47. The Hall–Kier alpha value is -3.00. The van der Waals surface area contributed by atoms with Crippen LogP contribution in [0.15, 0.2) is 36.5 Å². The van der Waals surface area contributed by atoms with Crippen LogP contribution < -0.4 is 5.32 Å². The minimum atomic E-state index is -1.00. The molecule has 2 aromatic heterocycles. The van der Waals surface area contributed by atoms with E-state index >= 15 is 0 Å². The Balaban J connectivity index is 1.60. The average Bonchev–Trinajstić information content (AvgIpc) is 3.34. The van der Waals surface area contributed by atoms with E-state index in [1.807, 2.05) is 6.92 Å². The molecule has 1 aliphatic heterocycles. The smallest absolute Gasteiger partial charge is 0.268 e. The van der Waals surface area contributed by atoms with E-state index in [9.17, 15) is 18.4 Å². The van der Waals surface area contributed by atoms with Gasteiger partial charge in [-0.1, -0.05) is 17.7 Å². The van der Waals surface area contributed by atoms with Crippen molar-refractivity contribution in [2.75, 3.05) is 6.54 Å². The molecule has 1 fully saturated rings. The minimum Gasteiger partial charge on any atom is -0.339 e. The number of pyridine rings is 1. The van der Waals surface area contributed by atoms with Crippen molar-refractivity contribution < 1.29 is 18.4 Å². The Kier molecular flexibility index (Phi) is 5.91. The predicted octanol–water partition coefficient (Wildman–Crippen LogP) is 3.85. The van der Waals surface area contributed by atoms with Crippen molar-refractivity contribution in [2.24, 2.45) is 0 Å². The Labute approximate surface area is 182 Å². The molecular formula is C22H21ClF2N4O2. The summed E-state index contributed by atoms with van der Waals surface area (Å²) in [5.74, 6) is -2.28. The van der Waals surface area contributed by atoms with Gasteiger partial charge in [0.2, 0.25) is 5.91 Å². The number of nitrogens with one attached hydrogen (secondary N) is 2. The van der Waals surface area contributed by atoms with Crippen molar-refractivity contribution in [3.63, 3.8) is 0 Å². The fourth-order valence-electron chi connectivity index (χ4n) is 3.91. The number of rotatable bonds is 5. The first kappa shape index (κ1) is 21.2. The molecule has 3 aromatic rings. The van der Waals surface area contributed by atoms with E-state index in [1.54, 1.807) is 17.0 Å². The molecule has 0 aliphatic carbocycles. The third-order valence-electron chi connectivity index (χ3n) is 5.56. The van der Waals surface area contributed by atoms with Crippen LogP contribution in [0.4, 0.5) is 8.78 Å². The second kappa shape index (κ2) is 8.63. The number of amides is 2. The molecule has 31 heavy (non-hydrogen) atoms. The number of hydrogen-bond acceptors (Lipinski definition) is 3. The highest BCUT2D eigenvalue weighted by Crippen LogP contribution is 2.21. The Morgan fingerprint density at radius 1 is 1.32 bits per heavy atom. The second-order valence-electron chi connectivity index (χ2n) is 7.76. The second-order valence-corrected chi connectivity index (χ2v) is 8.20. The summed E-state index contributed by atoms with van der Waals surface area (Å²) >= 11 is 5.95. The van der Waals surface area contributed by atoms with Crippen molar-refractivity contribution in [3.05, 3.63) is 64.4 Å². The molecule has 0 saturated carbocycles. The molecule has 2 atom stereocenters. The van der Waals surface area contributed by atoms with E-state index in [-0.39, 0.29) is 29.6 Å². The van der Waals surface area contributed by atoms with Crippen LogP contribution in [0.5, 0.6) is 0 Å². The van der Waals surface area contributed by atoms with Gasteiger partial charge >= 0.3 is 0 Å². The third-order valence-corrected chi connectivity index (χ3v) is 5.77. The number of H-pyrrole nitrogens is 1. The van der Waals surface area contributed by atoms with Crippen LogP contribution in [-0.4, -0.2) is 45.3 Å². The standard InChI is InChI=1S/C22H21ClF2N4O2/c1-12-3-2-6-29(12)22(31)19(8-13-4-5-16(24)10-17(13)25)28-21(30)18-9-14-7-15(23)11-26-20(14)27-18/h4-5,7,9-12,19H,2-3,6,8H2,1H3,(H,26,27)(H,28,30)/t12?,19-/m0/s1. The van der Waals surface area contributed by atoms with E-state index < -0.39 is 23.6 Å². The van der Waals surface area contributed by atoms with Gasteiger partial charge in [0, 0.05) is 36.7 Å². The zero-order valence-electron chi connectivity index (χ0n) is 16.8. The molecule has 1 saturated heterocycles. The van der Waals surface area contributed by atoms with Gasteiger partial charge in [0.1, 0.15) is 29.0 Å². The van der Waals surface area contributed by atoms with Crippen LogP contribution >= 0.6 is 11.6 Å². The number of fused-ring (bicyclic) bond motifs is 1. The SMILES string of the molecule is CC1CCCN1C(=O)[C@H](Cc1ccc(F)cc1F)NC(=O)c1cc2cc(Cl)cnc2[nH]1. The van der Waals surface area contributed by atoms with Crippen LogP contribution in [0.25, 0.3) is 11.0 Å². The lowest BCUT2D eigenvalue weighted by Crippen LogP contribution is -2.50. The third kappa shape index (κ3) is 4.54. The maximum Gasteiger partial charge on any atom is 0.268 e. The predicted molar refractivity (Wildman–Crippen MR) is 113 cm³/mol. The highest BCUT2D eigenvalue weighted by Gasteiger charge is 2.32. The van der Waals surface area contributed by atoms with Gasteiger partial charge in [-0.3, -0.25) is 9.59 Å². The van der Waals surface area contributed by atoms with E-state index in [1.165, 1.54) is 12.3 Å². The molecule has 2 amide bonds. The summed E-state index contributed by atoms with van der Waals surface area (Å²) in [7, 11) is 0. The zero-order chi connectivity index (χ0) is 22.1. The molecule has 0 spiro atoms. The number of nitrogens with zero attached hydrogens (tertiary/aromatic N) is 2. The van der Waals surface area contributed by atoms with E-state index in [0.29, 0.717) is 22.6 Å². The molecule has 4 rings (SSSR count). The quantitative estimate of drug-likeness (QED) is 0.625. The summed E-state index contributed by atoms with van der Waals surface area (Å²) in [6.45, 7) is 2.52. The number of halogens is 3. The average molecular weight is 447 g/mol. The number of carbonyl (C=O) groups excluding carboxylic acids is 2. The lowest BCUT2D eigenvalue weighted by Gasteiger charge is -2.27. The number of aromatic nitrogens is 2. The summed E-state index contributed by atoms with van der Waals surface area (Å²) in [6.07, 6.45) is 3.10. The van der Waals surface area contributed by atoms with Crippen molar-refractivity contribution in [3.8, 4) is 0 Å². The zero-order valence-corrected chi connectivity index (χ0v) is 17.5. The van der Waals surface area contributed by atoms with Crippen molar-refractivity contribution in [1.82, 2.24) is 20.2 Å². The number of hydrogen-bond donors (Lipinski definition) is 2. The van der Waals surface area contributed by atoms with Gasteiger partial charge in [0.25, 0.3) is 5.91 Å². The van der Waals surface area contributed by atoms with Gasteiger partial charge in [-0.2, -0.15) is 0 Å². The van der Waals surface area contributed by atoms with Crippen LogP contribution in [0.3, 0.4) is 0 Å². The molecule has 9 heteroatoms. The first-order valence-electron chi connectivity index (χ1n) is 10.0. The molecule has 0 radical (unpaired) electrons. The minimum absolute atomic E-state index is 0.0318. The fourth-order valence-corrected chi connectivity index (χ4v) is 4.08. The first-order valence-corrected chi connectivity index (χ1v) is 10.4. The van der Waals surface area contributed by atoms with Crippen LogP contribution in [0, 0.1) is 11.6 Å². The number of aromatic amines is 1. The van der Waals surface area contributed by atoms with E-state index in [2.05, 4.69) is 15.3 Å². The van der Waals surface area contributed by atoms with Crippen molar-refractivity contribution in [1.29, 1.82) is 0 Å². The summed E-state index contributed by atoms with van der Waals surface area (Å²) in [5.41, 5.74) is 0.837. The Morgan fingerprint density at radius 3 is 2.84 bits per heavy atom. The highest BCUT2D eigenvalue weighted by molar-refractivity contribution is 6.31. The summed E-state index contributed by atoms with van der Waals surface area (Å²) in [4.78, 5) is 34.8. The van der Waals surface area contributed by atoms with Gasteiger partial charge in [-0.05, 0) is 43.5 Å². The number of likely N-dealkylation sites (tertiary alicyclic amines) is 1. The van der Waals surface area contributed by atoms with Crippen molar-refractivity contribution >= 4 is 34.4 Å². The lowest BCUT2D eigenvalue weighted by molar-refractivity contribution is -0.133. The lowest BCUT2D eigenvalue weighted by atomic mass is 10.0. The highest BCUT2D eigenvalue weighted by atomic mass is 35.5. The largest absolute Gasteiger partial charge is 0.339 e. The molecule has 1 aliphatic rings. The fraction of sp³-hybridized carbons (Fsp3) is 0.318. The molecule has 6 nitrogen and oxygen atoms in total. The maximum absolute atomic E-state index is 14.3. The molecule has 0 bridgehead atoms. The number of carbonyl (C=O) groups is 2. The van der Waals surface area contributed by atoms with E-state index in [4.69, 9.17) is 11.6 Å².